The maximum absolute atomic E-state index is 12.2. The van der Waals surface area contributed by atoms with Gasteiger partial charge in [-0.2, -0.15) is 0 Å². The SMILES string of the molecule is COc1ccc(C)cc1C(C)NC(=O)[C@@H]1CC[C@H](C(=O)O)O1. The molecule has 2 N–H and O–H groups in total. The lowest BCUT2D eigenvalue weighted by molar-refractivity contribution is -0.151. The predicted molar refractivity (Wildman–Crippen MR) is 79.8 cm³/mol. The van der Waals surface area contributed by atoms with Crippen LogP contribution in [0.2, 0.25) is 0 Å². The van der Waals surface area contributed by atoms with Crippen molar-refractivity contribution in [2.24, 2.45) is 0 Å². The van der Waals surface area contributed by atoms with Crippen LogP contribution in [0.15, 0.2) is 18.2 Å². The number of amides is 1. The molecule has 1 aromatic carbocycles. The van der Waals surface area contributed by atoms with E-state index in [2.05, 4.69) is 5.32 Å². The van der Waals surface area contributed by atoms with E-state index in [1.807, 2.05) is 32.0 Å². The van der Waals surface area contributed by atoms with E-state index < -0.39 is 18.2 Å². The molecule has 3 atom stereocenters. The number of methoxy groups -OCH3 is 1. The van der Waals surface area contributed by atoms with Crippen molar-refractivity contribution in [2.75, 3.05) is 7.11 Å². The van der Waals surface area contributed by atoms with Gasteiger partial charge in [0, 0.05) is 5.56 Å². The maximum Gasteiger partial charge on any atom is 0.332 e. The molecule has 6 nitrogen and oxygen atoms in total. The van der Waals surface area contributed by atoms with E-state index in [0.29, 0.717) is 18.6 Å². The Morgan fingerprint density at radius 2 is 2.05 bits per heavy atom. The quantitative estimate of drug-likeness (QED) is 0.866. The van der Waals surface area contributed by atoms with Crippen molar-refractivity contribution in [3.05, 3.63) is 29.3 Å². The Balaban J connectivity index is 2.03. The fraction of sp³-hybridized carbons (Fsp3) is 0.500. The Kier molecular flexibility index (Phi) is 5.03. The van der Waals surface area contributed by atoms with Crippen molar-refractivity contribution in [2.45, 2.75) is 44.9 Å². The van der Waals surface area contributed by atoms with Gasteiger partial charge < -0.3 is 19.9 Å². The number of hydrogen-bond acceptors (Lipinski definition) is 4. The topological polar surface area (TPSA) is 84.9 Å². The summed E-state index contributed by atoms with van der Waals surface area (Å²) >= 11 is 0. The first-order valence-electron chi connectivity index (χ1n) is 7.25. The van der Waals surface area contributed by atoms with Crippen LogP contribution in [0.25, 0.3) is 0 Å². The number of ether oxygens (including phenoxy) is 2. The minimum atomic E-state index is -1.02. The summed E-state index contributed by atoms with van der Waals surface area (Å²) in [4.78, 5) is 23.1. The number of rotatable bonds is 5. The molecule has 6 heteroatoms. The minimum absolute atomic E-state index is 0.255. The standard InChI is InChI=1S/C16H21NO5/c1-9-4-5-12(21-3)11(8-9)10(2)17-15(18)13-6-7-14(22-13)16(19)20/h4-5,8,10,13-14H,6-7H2,1-3H3,(H,17,18)(H,19,20)/t10?,13-,14+/m0/s1. The van der Waals surface area contributed by atoms with Crippen LogP contribution in [0.1, 0.15) is 36.9 Å². The highest BCUT2D eigenvalue weighted by Crippen LogP contribution is 2.27. The van der Waals surface area contributed by atoms with Gasteiger partial charge in [-0.3, -0.25) is 4.79 Å². The zero-order valence-electron chi connectivity index (χ0n) is 13.0. The third-order valence-corrected chi connectivity index (χ3v) is 3.80. The normalized spacial score (nSPS) is 22.1. The Hall–Kier alpha value is -2.08. The molecule has 1 aliphatic rings. The Morgan fingerprint density at radius 3 is 2.64 bits per heavy atom. The maximum atomic E-state index is 12.2. The van der Waals surface area contributed by atoms with E-state index in [-0.39, 0.29) is 11.9 Å². The molecule has 0 aromatic heterocycles. The molecule has 0 spiro atoms. The van der Waals surface area contributed by atoms with Crippen molar-refractivity contribution in [3.63, 3.8) is 0 Å². The van der Waals surface area contributed by atoms with Gasteiger partial charge in [-0.25, -0.2) is 4.79 Å². The van der Waals surface area contributed by atoms with Crippen LogP contribution >= 0.6 is 0 Å². The van der Waals surface area contributed by atoms with Crippen LogP contribution < -0.4 is 10.1 Å². The van der Waals surface area contributed by atoms with Gasteiger partial charge >= 0.3 is 5.97 Å². The fourth-order valence-electron chi connectivity index (χ4n) is 2.59. The summed E-state index contributed by atoms with van der Waals surface area (Å²) < 4.78 is 10.6. The number of carbonyl (C=O) groups excluding carboxylic acids is 1. The Bertz CT molecular complexity index is 572. The highest BCUT2D eigenvalue weighted by atomic mass is 16.5. The smallest absolute Gasteiger partial charge is 0.332 e. The number of benzene rings is 1. The molecule has 1 unspecified atom stereocenters. The molecule has 1 aromatic rings. The van der Waals surface area contributed by atoms with Crippen molar-refractivity contribution in [3.8, 4) is 5.75 Å². The first-order valence-corrected chi connectivity index (χ1v) is 7.25. The van der Waals surface area contributed by atoms with Crippen molar-refractivity contribution < 1.29 is 24.2 Å². The minimum Gasteiger partial charge on any atom is -0.496 e. The number of carboxylic acid groups (broad SMARTS) is 1. The second-order valence-corrected chi connectivity index (χ2v) is 5.50. The number of aliphatic carboxylic acids is 1. The second kappa shape index (κ2) is 6.79. The predicted octanol–water partition coefficient (Wildman–Crippen LogP) is 1.81. The molecule has 1 amide bonds. The van der Waals surface area contributed by atoms with E-state index in [4.69, 9.17) is 14.6 Å². The van der Waals surface area contributed by atoms with Crippen LogP contribution in [0.5, 0.6) is 5.75 Å². The van der Waals surface area contributed by atoms with Gasteiger partial charge in [-0.15, -0.1) is 0 Å². The van der Waals surface area contributed by atoms with Crippen LogP contribution in [-0.2, 0) is 14.3 Å². The zero-order valence-corrected chi connectivity index (χ0v) is 13.0. The van der Waals surface area contributed by atoms with E-state index in [1.54, 1.807) is 7.11 Å². The average Bonchev–Trinajstić information content (AvgIpc) is 2.97. The van der Waals surface area contributed by atoms with Crippen LogP contribution in [-0.4, -0.2) is 36.3 Å². The summed E-state index contributed by atoms with van der Waals surface area (Å²) in [6.45, 7) is 3.83. The van der Waals surface area contributed by atoms with Gasteiger partial charge in [-0.05, 0) is 32.8 Å². The van der Waals surface area contributed by atoms with Gasteiger partial charge in [0.25, 0.3) is 0 Å². The van der Waals surface area contributed by atoms with Crippen molar-refractivity contribution in [1.29, 1.82) is 0 Å². The molecule has 0 saturated carbocycles. The van der Waals surface area contributed by atoms with Crippen LogP contribution in [0.3, 0.4) is 0 Å². The third kappa shape index (κ3) is 3.57. The molecule has 22 heavy (non-hydrogen) atoms. The average molecular weight is 307 g/mol. The lowest BCUT2D eigenvalue weighted by Crippen LogP contribution is -2.37. The van der Waals surface area contributed by atoms with Gasteiger partial charge in [0.2, 0.25) is 5.91 Å². The number of carbonyl (C=O) groups is 2. The van der Waals surface area contributed by atoms with Gasteiger partial charge in [0.1, 0.15) is 11.9 Å². The zero-order chi connectivity index (χ0) is 16.3. The summed E-state index contributed by atoms with van der Waals surface area (Å²) in [5.41, 5.74) is 1.95. The molecule has 0 radical (unpaired) electrons. The molecule has 1 fully saturated rings. The molecule has 0 aliphatic carbocycles. The number of hydrogen-bond donors (Lipinski definition) is 2. The highest BCUT2D eigenvalue weighted by Gasteiger charge is 2.35. The number of nitrogens with one attached hydrogen (secondary N) is 1. The Labute approximate surface area is 129 Å². The lowest BCUT2D eigenvalue weighted by Gasteiger charge is -2.20. The molecule has 1 heterocycles. The van der Waals surface area contributed by atoms with Crippen LogP contribution in [0, 0.1) is 6.92 Å². The van der Waals surface area contributed by atoms with E-state index in [9.17, 15) is 9.59 Å². The molecule has 0 bridgehead atoms. The summed E-state index contributed by atoms with van der Waals surface area (Å²) in [6, 6.07) is 5.50. The molecule has 120 valence electrons. The summed E-state index contributed by atoms with van der Waals surface area (Å²) in [6.07, 6.45) is -0.824. The van der Waals surface area contributed by atoms with Gasteiger partial charge in [0.15, 0.2) is 6.10 Å². The number of aryl methyl sites for hydroxylation is 1. The highest BCUT2D eigenvalue weighted by molar-refractivity contribution is 5.83. The number of carboxylic acids is 1. The third-order valence-electron chi connectivity index (χ3n) is 3.80. The van der Waals surface area contributed by atoms with Crippen molar-refractivity contribution >= 4 is 11.9 Å². The van der Waals surface area contributed by atoms with E-state index in [1.165, 1.54) is 0 Å². The summed E-state index contributed by atoms with van der Waals surface area (Å²) in [5.74, 6) is -0.613. The van der Waals surface area contributed by atoms with Gasteiger partial charge in [-0.1, -0.05) is 17.7 Å². The summed E-state index contributed by atoms with van der Waals surface area (Å²) in [7, 11) is 1.58. The molecule has 1 aliphatic heterocycles. The van der Waals surface area contributed by atoms with Crippen LogP contribution in [0.4, 0.5) is 0 Å². The molecule has 2 rings (SSSR count). The second-order valence-electron chi connectivity index (χ2n) is 5.50. The lowest BCUT2D eigenvalue weighted by atomic mass is 10.0. The molecular formula is C16H21NO5. The first-order chi connectivity index (χ1) is 10.4. The molecular weight excluding hydrogens is 286 g/mol. The van der Waals surface area contributed by atoms with Gasteiger partial charge in [0.05, 0.1) is 13.2 Å². The monoisotopic (exact) mass is 307 g/mol. The largest absolute Gasteiger partial charge is 0.496 e. The van der Waals surface area contributed by atoms with E-state index >= 15 is 0 Å². The summed E-state index contributed by atoms with van der Waals surface area (Å²) in [5, 5.41) is 11.8. The van der Waals surface area contributed by atoms with E-state index in [0.717, 1.165) is 11.1 Å². The Morgan fingerprint density at radius 1 is 1.36 bits per heavy atom. The molecule has 1 saturated heterocycles. The first kappa shape index (κ1) is 16.3. The van der Waals surface area contributed by atoms with Crippen molar-refractivity contribution in [1.82, 2.24) is 5.32 Å². The fourth-order valence-corrected chi connectivity index (χ4v) is 2.59.